The summed E-state index contributed by atoms with van der Waals surface area (Å²) < 4.78 is 40.3. The van der Waals surface area contributed by atoms with Gasteiger partial charge >= 0.3 is 12.1 Å². The zero-order valence-corrected chi connectivity index (χ0v) is 15.5. The largest absolute Gasteiger partial charge is 0.480 e. The molecule has 0 aliphatic carbocycles. The SMILES string of the molecule is CCn1nc(C(F)(F)F)cc1C(=O)NCCNC(=O)c1ccn(C(C)C(=O)O)n1. The van der Waals surface area contributed by atoms with Crippen molar-refractivity contribution in [2.24, 2.45) is 0 Å². The predicted octanol–water partition coefficient (Wildman–Crippen LogP) is 0.924. The number of halogens is 3. The third-order valence-corrected chi connectivity index (χ3v) is 3.89. The highest BCUT2D eigenvalue weighted by Crippen LogP contribution is 2.28. The van der Waals surface area contributed by atoms with Gasteiger partial charge in [-0.15, -0.1) is 0 Å². The number of hydrogen-bond donors (Lipinski definition) is 3. The molecule has 0 bridgehead atoms. The fraction of sp³-hybridized carbons (Fsp3) is 0.438. The molecule has 0 saturated carbocycles. The minimum atomic E-state index is -4.66. The Kier molecular flexibility index (Phi) is 6.61. The molecule has 3 N–H and O–H groups in total. The molecule has 0 aliphatic rings. The molecule has 0 radical (unpaired) electrons. The maximum Gasteiger partial charge on any atom is 0.435 e. The van der Waals surface area contributed by atoms with E-state index in [9.17, 15) is 27.6 Å². The molecule has 29 heavy (non-hydrogen) atoms. The smallest absolute Gasteiger partial charge is 0.435 e. The molecule has 0 saturated heterocycles. The minimum absolute atomic E-state index is 0.0108. The van der Waals surface area contributed by atoms with Crippen LogP contribution in [0.4, 0.5) is 13.2 Å². The number of amides is 2. The average molecular weight is 416 g/mol. The number of carbonyl (C=O) groups is 3. The summed E-state index contributed by atoms with van der Waals surface area (Å²) in [5, 5.41) is 21.0. The van der Waals surface area contributed by atoms with Gasteiger partial charge in [-0.05, 0) is 19.9 Å². The number of aromatic nitrogens is 4. The van der Waals surface area contributed by atoms with Gasteiger partial charge in [-0.2, -0.15) is 23.4 Å². The van der Waals surface area contributed by atoms with Crippen molar-refractivity contribution in [1.82, 2.24) is 30.2 Å². The third kappa shape index (κ3) is 5.33. The summed E-state index contributed by atoms with van der Waals surface area (Å²) in [5.74, 6) is -2.46. The summed E-state index contributed by atoms with van der Waals surface area (Å²) in [7, 11) is 0. The van der Waals surface area contributed by atoms with Crippen LogP contribution in [0.3, 0.4) is 0 Å². The molecule has 2 heterocycles. The van der Waals surface area contributed by atoms with E-state index in [1.165, 1.54) is 19.2 Å². The normalized spacial score (nSPS) is 12.4. The van der Waals surface area contributed by atoms with Gasteiger partial charge in [-0.3, -0.25) is 19.0 Å². The van der Waals surface area contributed by atoms with Crippen LogP contribution in [0.5, 0.6) is 0 Å². The van der Waals surface area contributed by atoms with Gasteiger partial charge in [0.1, 0.15) is 17.4 Å². The van der Waals surface area contributed by atoms with Gasteiger partial charge in [-0.1, -0.05) is 0 Å². The number of carboxylic acid groups (broad SMARTS) is 1. The fourth-order valence-corrected chi connectivity index (χ4v) is 2.30. The topological polar surface area (TPSA) is 131 Å². The molecular formula is C16H19F3N6O4. The first-order valence-corrected chi connectivity index (χ1v) is 8.54. The Bertz CT molecular complexity index is 905. The van der Waals surface area contributed by atoms with Gasteiger partial charge in [-0.25, -0.2) is 4.79 Å². The molecule has 2 rings (SSSR count). The van der Waals surface area contributed by atoms with Crippen molar-refractivity contribution >= 4 is 17.8 Å². The lowest BCUT2D eigenvalue weighted by Crippen LogP contribution is -2.35. The molecule has 2 amide bonds. The lowest BCUT2D eigenvalue weighted by molar-refractivity contribution is -0.142. The summed E-state index contributed by atoms with van der Waals surface area (Å²) in [6.45, 7) is 2.96. The number of carbonyl (C=O) groups excluding carboxylic acids is 2. The van der Waals surface area contributed by atoms with E-state index in [1.54, 1.807) is 6.92 Å². The monoisotopic (exact) mass is 416 g/mol. The van der Waals surface area contributed by atoms with E-state index in [4.69, 9.17) is 5.11 Å². The van der Waals surface area contributed by atoms with Crippen LogP contribution in [0, 0.1) is 0 Å². The van der Waals surface area contributed by atoms with Gasteiger partial charge in [0.25, 0.3) is 11.8 Å². The number of aryl methyl sites for hydroxylation is 1. The lowest BCUT2D eigenvalue weighted by atomic mass is 10.3. The highest BCUT2D eigenvalue weighted by molar-refractivity contribution is 5.93. The maximum atomic E-state index is 12.7. The van der Waals surface area contributed by atoms with E-state index in [0.29, 0.717) is 6.07 Å². The van der Waals surface area contributed by atoms with Crippen molar-refractivity contribution in [3.05, 3.63) is 35.4 Å². The molecule has 13 heteroatoms. The van der Waals surface area contributed by atoms with E-state index in [2.05, 4.69) is 20.8 Å². The van der Waals surface area contributed by atoms with E-state index >= 15 is 0 Å². The maximum absolute atomic E-state index is 12.7. The first kappa shape index (κ1) is 21.9. The molecule has 1 atom stereocenters. The van der Waals surface area contributed by atoms with Crippen LogP contribution in [0.2, 0.25) is 0 Å². The summed E-state index contributed by atoms with van der Waals surface area (Å²) in [5.41, 5.74) is -1.42. The molecule has 10 nitrogen and oxygen atoms in total. The predicted molar refractivity (Wildman–Crippen MR) is 92.1 cm³/mol. The Morgan fingerprint density at radius 1 is 1.17 bits per heavy atom. The van der Waals surface area contributed by atoms with Crippen LogP contribution in [0.15, 0.2) is 18.3 Å². The fourth-order valence-electron chi connectivity index (χ4n) is 2.30. The number of hydrogen-bond acceptors (Lipinski definition) is 5. The number of carboxylic acids is 1. The van der Waals surface area contributed by atoms with Crippen LogP contribution in [-0.4, -0.2) is 55.5 Å². The van der Waals surface area contributed by atoms with E-state index in [0.717, 1.165) is 9.36 Å². The van der Waals surface area contributed by atoms with E-state index < -0.39 is 35.7 Å². The first-order chi connectivity index (χ1) is 13.5. The number of rotatable bonds is 8. The minimum Gasteiger partial charge on any atom is -0.480 e. The van der Waals surface area contributed by atoms with Gasteiger partial charge in [0.2, 0.25) is 0 Å². The molecular weight excluding hydrogens is 397 g/mol. The second kappa shape index (κ2) is 8.75. The van der Waals surface area contributed by atoms with Crippen molar-refractivity contribution in [1.29, 1.82) is 0 Å². The summed E-state index contributed by atoms with van der Waals surface area (Å²) >= 11 is 0. The molecule has 2 aromatic heterocycles. The highest BCUT2D eigenvalue weighted by atomic mass is 19.4. The second-order valence-corrected chi connectivity index (χ2v) is 5.94. The Morgan fingerprint density at radius 3 is 2.34 bits per heavy atom. The van der Waals surface area contributed by atoms with Crippen LogP contribution in [-0.2, 0) is 17.5 Å². The zero-order valence-electron chi connectivity index (χ0n) is 15.5. The Labute approximate surface area is 162 Å². The standard InChI is InChI=1S/C16H19F3N6O4/c1-3-24-11(8-12(23-24)16(17,18)19)14(27)21-6-5-20-13(26)10-4-7-25(22-10)9(2)15(28)29/h4,7-9H,3,5-6H2,1-2H3,(H,20,26)(H,21,27)(H,28,29). The Morgan fingerprint density at radius 2 is 1.79 bits per heavy atom. The summed E-state index contributed by atoms with van der Waals surface area (Å²) in [4.78, 5) is 35.0. The highest BCUT2D eigenvalue weighted by Gasteiger charge is 2.35. The molecule has 0 aromatic carbocycles. The van der Waals surface area contributed by atoms with Crippen LogP contribution in [0.1, 0.15) is 46.6 Å². The molecule has 1 unspecified atom stereocenters. The summed E-state index contributed by atoms with van der Waals surface area (Å²) in [6.07, 6.45) is -3.31. The lowest BCUT2D eigenvalue weighted by Gasteiger charge is -2.08. The average Bonchev–Trinajstić information content (AvgIpc) is 3.30. The number of aliphatic carboxylic acids is 1. The van der Waals surface area contributed by atoms with Crippen molar-refractivity contribution in [2.75, 3.05) is 13.1 Å². The molecule has 0 aliphatic heterocycles. The van der Waals surface area contributed by atoms with Crippen LogP contribution >= 0.6 is 0 Å². The zero-order chi connectivity index (χ0) is 21.8. The second-order valence-electron chi connectivity index (χ2n) is 5.94. The molecule has 158 valence electrons. The van der Waals surface area contributed by atoms with Gasteiger partial charge < -0.3 is 15.7 Å². The third-order valence-electron chi connectivity index (χ3n) is 3.89. The van der Waals surface area contributed by atoms with Crippen LogP contribution < -0.4 is 10.6 Å². The number of alkyl halides is 3. The van der Waals surface area contributed by atoms with Crippen molar-refractivity contribution in [2.45, 2.75) is 32.6 Å². The number of nitrogens with zero attached hydrogens (tertiary/aromatic N) is 4. The van der Waals surface area contributed by atoms with Crippen molar-refractivity contribution in [3.63, 3.8) is 0 Å². The van der Waals surface area contributed by atoms with Gasteiger partial charge in [0.05, 0.1) is 0 Å². The Hall–Kier alpha value is -3.38. The van der Waals surface area contributed by atoms with Crippen molar-refractivity contribution in [3.8, 4) is 0 Å². The Balaban J connectivity index is 1.88. The molecule has 0 fully saturated rings. The van der Waals surface area contributed by atoms with Crippen LogP contribution in [0.25, 0.3) is 0 Å². The van der Waals surface area contributed by atoms with Gasteiger partial charge in [0.15, 0.2) is 5.69 Å². The van der Waals surface area contributed by atoms with Crippen molar-refractivity contribution < 1.29 is 32.7 Å². The van der Waals surface area contributed by atoms with E-state index in [1.807, 2.05) is 0 Å². The van der Waals surface area contributed by atoms with Gasteiger partial charge in [0, 0.05) is 31.9 Å². The molecule has 2 aromatic rings. The number of nitrogens with one attached hydrogen (secondary N) is 2. The van der Waals surface area contributed by atoms with E-state index in [-0.39, 0.29) is 31.0 Å². The molecule has 0 spiro atoms. The summed E-state index contributed by atoms with van der Waals surface area (Å²) in [6, 6.07) is 1.06. The first-order valence-electron chi connectivity index (χ1n) is 8.54. The quantitative estimate of drug-likeness (QED) is 0.549.